The highest BCUT2D eigenvalue weighted by Gasteiger charge is 2.32. The molecule has 1 heterocycles. The van der Waals surface area contributed by atoms with Crippen LogP contribution in [0.2, 0.25) is 5.02 Å². The van der Waals surface area contributed by atoms with Crippen molar-refractivity contribution in [1.82, 2.24) is 0 Å². The van der Waals surface area contributed by atoms with E-state index in [2.05, 4.69) is 4.99 Å². The first kappa shape index (κ1) is 23.5. The van der Waals surface area contributed by atoms with Crippen molar-refractivity contribution in [3.63, 3.8) is 0 Å². The van der Waals surface area contributed by atoms with Gasteiger partial charge in [-0.15, -0.1) is 0 Å². The summed E-state index contributed by atoms with van der Waals surface area (Å²) in [7, 11) is -1.36. The SMILES string of the molecule is CCCN=C1N(c2ccccc2C)C/C(=C/c2ccc(OC[C@H](O)CO)c(Cl)c2)S1=O. The minimum Gasteiger partial charge on any atom is -0.489 e. The molecule has 0 aliphatic carbocycles. The molecule has 0 bridgehead atoms. The lowest BCUT2D eigenvalue weighted by atomic mass is 10.1. The van der Waals surface area contributed by atoms with E-state index in [0.717, 1.165) is 28.1 Å². The Hall–Kier alpha value is -2.19. The summed E-state index contributed by atoms with van der Waals surface area (Å²) < 4.78 is 18.7. The molecule has 3 rings (SSSR count). The number of aliphatic imine (C=N–C) groups is 1. The highest BCUT2D eigenvalue weighted by atomic mass is 35.5. The molecule has 31 heavy (non-hydrogen) atoms. The van der Waals surface area contributed by atoms with Gasteiger partial charge in [0, 0.05) is 17.1 Å². The lowest BCUT2D eigenvalue weighted by Gasteiger charge is -2.19. The maximum atomic E-state index is 13.2. The maximum absolute atomic E-state index is 13.2. The quantitative estimate of drug-likeness (QED) is 0.624. The fourth-order valence-corrected chi connectivity index (χ4v) is 4.69. The van der Waals surface area contributed by atoms with Crippen LogP contribution < -0.4 is 9.64 Å². The molecule has 0 amide bonds. The molecule has 1 aliphatic rings. The molecule has 1 aliphatic heterocycles. The number of aliphatic hydroxyl groups is 2. The molecular formula is C23H27ClN2O4S. The standard InChI is InChI=1S/C23H27ClN2O4S/c1-3-10-25-23-26(21-7-5-4-6-16(21)2)13-19(31(23)29)11-17-8-9-22(20(24)12-17)30-15-18(28)14-27/h4-9,11-12,18,27-28H,3,10,13-15H2,1-2H3/b19-11-,25-23?/t18-,31?/m1/s1. The first-order chi connectivity index (χ1) is 14.9. The molecule has 0 radical (unpaired) electrons. The molecule has 0 saturated carbocycles. The number of ether oxygens (including phenoxy) is 1. The molecule has 1 fully saturated rings. The number of rotatable bonds is 8. The van der Waals surface area contributed by atoms with Gasteiger partial charge >= 0.3 is 0 Å². The molecule has 2 atom stereocenters. The first-order valence-electron chi connectivity index (χ1n) is 10.2. The van der Waals surface area contributed by atoms with Gasteiger partial charge in [0.05, 0.1) is 18.2 Å². The smallest absolute Gasteiger partial charge is 0.199 e. The first-order valence-corrected chi connectivity index (χ1v) is 11.7. The lowest BCUT2D eigenvalue weighted by Crippen LogP contribution is -2.26. The Morgan fingerprint density at radius 1 is 1.32 bits per heavy atom. The summed E-state index contributed by atoms with van der Waals surface area (Å²) in [6.45, 7) is 4.74. The van der Waals surface area contributed by atoms with Gasteiger partial charge in [-0.1, -0.05) is 42.8 Å². The van der Waals surface area contributed by atoms with E-state index in [9.17, 15) is 9.32 Å². The Kier molecular flexibility index (Phi) is 8.26. The van der Waals surface area contributed by atoms with Crippen molar-refractivity contribution >= 4 is 39.3 Å². The molecule has 2 aromatic carbocycles. The third-order valence-electron chi connectivity index (χ3n) is 4.75. The van der Waals surface area contributed by atoms with Crippen LogP contribution in [0, 0.1) is 6.92 Å². The Bertz CT molecular complexity index is 1010. The van der Waals surface area contributed by atoms with Gasteiger partial charge in [-0.3, -0.25) is 4.99 Å². The highest BCUT2D eigenvalue weighted by Crippen LogP contribution is 2.31. The molecule has 1 saturated heterocycles. The second-order valence-electron chi connectivity index (χ2n) is 7.25. The van der Waals surface area contributed by atoms with Crippen molar-refractivity contribution in [1.29, 1.82) is 0 Å². The summed E-state index contributed by atoms with van der Waals surface area (Å²) in [5.41, 5.74) is 2.89. The second-order valence-corrected chi connectivity index (χ2v) is 9.09. The van der Waals surface area contributed by atoms with E-state index in [-0.39, 0.29) is 13.2 Å². The van der Waals surface area contributed by atoms with Gasteiger partial charge in [0.15, 0.2) is 5.17 Å². The number of benzene rings is 2. The number of nitrogens with zero attached hydrogens (tertiary/aromatic N) is 2. The molecule has 0 spiro atoms. The van der Waals surface area contributed by atoms with Gasteiger partial charge in [0.25, 0.3) is 0 Å². The third-order valence-corrected chi connectivity index (χ3v) is 6.45. The average Bonchev–Trinajstić information content (AvgIpc) is 3.06. The molecule has 0 aromatic heterocycles. The number of aliphatic hydroxyl groups excluding tert-OH is 2. The van der Waals surface area contributed by atoms with E-state index in [1.54, 1.807) is 12.1 Å². The summed E-state index contributed by atoms with van der Waals surface area (Å²) in [5.74, 6) is 0.413. The van der Waals surface area contributed by atoms with Crippen LogP contribution in [-0.4, -0.2) is 52.0 Å². The predicted molar refractivity (Wildman–Crippen MR) is 127 cm³/mol. The maximum Gasteiger partial charge on any atom is 0.199 e. The average molecular weight is 463 g/mol. The van der Waals surface area contributed by atoms with E-state index in [4.69, 9.17) is 21.4 Å². The van der Waals surface area contributed by atoms with Crippen molar-refractivity contribution in [2.24, 2.45) is 4.99 Å². The zero-order valence-corrected chi connectivity index (χ0v) is 19.2. The van der Waals surface area contributed by atoms with Crippen molar-refractivity contribution in [2.75, 3.05) is 31.2 Å². The monoisotopic (exact) mass is 462 g/mol. The molecule has 1 unspecified atom stereocenters. The van der Waals surface area contributed by atoms with Crippen molar-refractivity contribution in [3.8, 4) is 5.75 Å². The van der Waals surface area contributed by atoms with Crippen LogP contribution in [0.25, 0.3) is 6.08 Å². The Balaban J connectivity index is 1.87. The number of hydrogen-bond acceptors (Lipinski definition) is 5. The molecule has 2 aromatic rings. The number of halogens is 1. The van der Waals surface area contributed by atoms with Gasteiger partial charge in [-0.2, -0.15) is 0 Å². The van der Waals surface area contributed by atoms with Gasteiger partial charge < -0.3 is 19.8 Å². The number of para-hydroxylation sites is 1. The Labute approximate surface area is 190 Å². The molecular weight excluding hydrogens is 436 g/mol. The minimum atomic E-state index is -1.36. The largest absolute Gasteiger partial charge is 0.489 e. The van der Waals surface area contributed by atoms with E-state index in [0.29, 0.717) is 29.0 Å². The number of aryl methyl sites for hydroxylation is 1. The number of anilines is 1. The summed E-state index contributed by atoms with van der Waals surface area (Å²) in [4.78, 5) is 7.37. The van der Waals surface area contributed by atoms with E-state index in [1.165, 1.54) is 0 Å². The van der Waals surface area contributed by atoms with E-state index in [1.807, 2.05) is 55.2 Å². The Morgan fingerprint density at radius 2 is 2.10 bits per heavy atom. The van der Waals surface area contributed by atoms with Crippen LogP contribution in [-0.2, 0) is 10.8 Å². The molecule has 166 valence electrons. The van der Waals surface area contributed by atoms with E-state index < -0.39 is 16.9 Å². The number of amidine groups is 1. The van der Waals surface area contributed by atoms with Gasteiger partial charge in [0.2, 0.25) is 0 Å². The molecule has 2 N–H and O–H groups in total. The summed E-state index contributed by atoms with van der Waals surface area (Å²) in [6, 6.07) is 13.2. The molecule has 8 heteroatoms. The zero-order valence-electron chi connectivity index (χ0n) is 17.6. The van der Waals surface area contributed by atoms with Gasteiger partial charge in [-0.25, -0.2) is 4.21 Å². The van der Waals surface area contributed by atoms with Crippen molar-refractivity contribution < 1.29 is 19.2 Å². The summed E-state index contributed by atoms with van der Waals surface area (Å²) >= 11 is 6.31. The topological polar surface area (TPSA) is 82.4 Å². The Morgan fingerprint density at radius 3 is 2.77 bits per heavy atom. The summed E-state index contributed by atoms with van der Waals surface area (Å²) in [6.07, 6.45) is 1.78. The highest BCUT2D eigenvalue weighted by molar-refractivity contribution is 8.05. The fraction of sp³-hybridized carbons (Fsp3) is 0.348. The van der Waals surface area contributed by atoms with Gasteiger partial charge in [0.1, 0.15) is 29.3 Å². The molecule has 6 nitrogen and oxygen atoms in total. The predicted octanol–water partition coefficient (Wildman–Crippen LogP) is 3.76. The van der Waals surface area contributed by atoms with Crippen LogP contribution in [0.15, 0.2) is 52.4 Å². The minimum absolute atomic E-state index is 0.0523. The summed E-state index contributed by atoms with van der Waals surface area (Å²) in [5, 5.41) is 19.3. The van der Waals surface area contributed by atoms with Crippen LogP contribution in [0.1, 0.15) is 24.5 Å². The van der Waals surface area contributed by atoms with Crippen molar-refractivity contribution in [2.45, 2.75) is 26.4 Å². The normalized spacial score (nSPS) is 19.9. The van der Waals surface area contributed by atoms with Crippen LogP contribution in [0.5, 0.6) is 5.75 Å². The van der Waals surface area contributed by atoms with Gasteiger partial charge in [-0.05, 0) is 48.7 Å². The number of hydrogen-bond donors (Lipinski definition) is 2. The van der Waals surface area contributed by atoms with E-state index >= 15 is 0 Å². The van der Waals surface area contributed by atoms with Crippen molar-refractivity contribution in [3.05, 3.63) is 63.5 Å². The third kappa shape index (κ3) is 5.74. The fourth-order valence-electron chi connectivity index (χ4n) is 3.15. The van der Waals surface area contributed by atoms with Crippen LogP contribution in [0.3, 0.4) is 0 Å². The van der Waals surface area contributed by atoms with Crippen LogP contribution >= 0.6 is 11.6 Å². The lowest BCUT2D eigenvalue weighted by molar-refractivity contribution is 0.0536. The zero-order chi connectivity index (χ0) is 22.4. The second kappa shape index (κ2) is 10.9. The van der Waals surface area contributed by atoms with Crippen LogP contribution in [0.4, 0.5) is 5.69 Å².